The van der Waals surface area contributed by atoms with Crippen molar-refractivity contribution < 1.29 is 0 Å². The van der Waals surface area contributed by atoms with Gasteiger partial charge in [0, 0.05) is 35.4 Å². The Morgan fingerprint density at radius 2 is 2.11 bits per heavy atom. The van der Waals surface area contributed by atoms with E-state index in [2.05, 4.69) is 30.1 Å². The maximum absolute atomic E-state index is 3.65. The Labute approximate surface area is 121 Å². The summed E-state index contributed by atoms with van der Waals surface area (Å²) < 4.78 is 0. The van der Waals surface area contributed by atoms with Crippen molar-refractivity contribution in [3.8, 4) is 0 Å². The minimum absolute atomic E-state index is 0.735. The Morgan fingerprint density at radius 1 is 1.26 bits per heavy atom. The van der Waals surface area contributed by atoms with E-state index in [4.69, 9.17) is 0 Å². The molecule has 0 spiro atoms. The van der Waals surface area contributed by atoms with Crippen LogP contribution in [0.15, 0.2) is 6.07 Å². The Morgan fingerprint density at radius 3 is 2.68 bits per heavy atom. The van der Waals surface area contributed by atoms with Crippen molar-refractivity contribution in [2.24, 2.45) is 5.92 Å². The maximum atomic E-state index is 3.65. The molecule has 0 bridgehead atoms. The van der Waals surface area contributed by atoms with Crippen LogP contribution in [0.1, 0.15) is 41.0 Å². The zero-order valence-corrected chi connectivity index (χ0v) is 13.1. The standard InChI is InChI=1S/C16H26N2S/c1-12-8-15(13(2)19-12)10-18(9-14-5-6-14)11-16-4-3-7-17-16/h8,14,16-17H,3-7,9-11H2,1-2H3. The number of nitrogens with one attached hydrogen (secondary N) is 1. The third kappa shape index (κ3) is 3.80. The highest BCUT2D eigenvalue weighted by Gasteiger charge is 2.26. The Bertz CT molecular complexity index is 416. The van der Waals surface area contributed by atoms with E-state index in [1.165, 1.54) is 55.1 Å². The molecule has 19 heavy (non-hydrogen) atoms. The van der Waals surface area contributed by atoms with Crippen molar-refractivity contribution in [1.29, 1.82) is 0 Å². The van der Waals surface area contributed by atoms with Gasteiger partial charge in [-0.2, -0.15) is 0 Å². The first-order valence-electron chi connectivity index (χ1n) is 7.72. The molecule has 1 saturated carbocycles. The van der Waals surface area contributed by atoms with E-state index in [0.717, 1.165) is 18.5 Å². The second kappa shape index (κ2) is 5.94. The lowest BCUT2D eigenvalue weighted by Crippen LogP contribution is -2.38. The van der Waals surface area contributed by atoms with Crippen LogP contribution in [-0.2, 0) is 6.54 Å². The summed E-state index contributed by atoms with van der Waals surface area (Å²) in [6.07, 6.45) is 5.63. The van der Waals surface area contributed by atoms with Crippen LogP contribution in [0.25, 0.3) is 0 Å². The predicted molar refractivity (Wildman–Crippen MR) is 82.8 cm³/mol. The van der Waals surface area contributed by atoms with Crippen molar-refractivity contribution in [3.05, 3.63) is 21.4 Å². The first-order chi connectivity index (χ1) is 9.20. The van der Waals surface area contributed by atoms with Gasteiger partial charge in [0.05, 0.1) is 0 Å². The molecule has 1 aliphatic heterocycles. The molecule has 1 aromatic heterocycles. The highest BCUT2D eigenvalue weighted by molar-refractivity contribution is 7.12. The van der Waals surface area contributed by atoms with Gasteiger partial charge in [0.25, 0.3) is 0 Å². The van der Waals surface area contributed by atoms with Gasteiger partial charge in [0.1, 0.15) is 0 Å². The summed E-state index contributed by atoms with van der Waals surface area (Å²) in [4.78, 5) is 5.67. The van der Waals surface area contributed by atoms with E-state index in [9.17, 15) is 0 Å². The summed E-state index contributed by atoms with van der Waals surface area (Å²) in [5.74, 6) is 0.987. The zero-order valence-electron chi connectivity index (χ0n) is 12.2. The van der Waals surface area contributed by atoms with E-state index in [1.807, 2.05) is 11.3 Å². The fraction of sp³-hybridized carbons (Fsp3) is 0.750. The summed E-state index contributed by atoms with van der Waals surface area (Å²) in [5.41, 5.74) is 1.56. The largest absolute Gasteiger partial charge is 0.313 e. The molecule has 2 aliphatic rings. The number of aryl methyl sites for hydroxylation is 2. The topological polar surface area (TPSA) is 15.3 Å². The number of hydrogen-bond donors (Lipinski definition) is 1. The highest BCUT2D eigenvalue weighted by atomic mass is 32.1. The van der Waals surface area contributed by atoms with Crippen LogP contribution >= 0.6 is 11.3 Å². The molecule has 0 radical (unpaired) electrons. The normalized spacial score (nSPS) is 23.4. The van der Waals surface area contributed by atoms with E-state index in [-0.39, 0.29) is 0 Å². The first kappa shape index (κ1) is 13.6. The second-order valence-corrected chi connectivity index (χ2v) is 7.83. The monoisotopic (exact) mass is 278 g/mol. The summed E-state index contributed by atoms with van der Waals surface area (Å²) in [6.45, 7) is 9.43. The molecule has 2 nitrogen and oxygen atoms in total. The highest BCUT2D eigenvalue weighted by Crippen LogP contribution is 2.31. The summed E-state index contributed by atoms with van der Waals surface area (Å²) in [7, 11) is 0. The third-order valence-electron chi connectivity index (χ3n) is 4.39. The Balaban J connectivity index is 1.62. The first-order valence-corrected chi connectivity index (χ1v) is 8.54. The molecule has 3 heteroatoms. The predicted octanol–water partition coefficient (Wildman–Crippen LogP) is 3.33. The lowest BCUT2D eigenvalue weighted by molar-refractivity contribution is 0.231. The summed E-state index contributed by atoms with van der Waals surface area (Å²) in [5, 5.41) is 3.65. The number of thiophene rings is 1. The number of rotatable bonds is 6. The molecule has 2 fully saturated rings. The van der Waals surface area contributed by atoms with Crippen molar-refractivity contribution in [3.63, 3.8) is 0 Å². The molecule has 1 saturated heterocycles. The third-order valence-corrected chi connectivity index (χ3v) is 5.40. The van der Waals surface area contributed by atoms with Crippen molar-refractivity contribution in [2.45, 2.75) is 52.1 Å². The molecular formula is C16H26N2S. The van der Waals surface area contributed by atoms with E-state index in [0.29, 0.717) is 0 Å². The quantitative estimate of drug-likeness (QED) is 0.858. The summed E-state index contributed by atoms with van der Waals surface area (Å²) in [6, 6.07) is 3.13. The molecule has 1 atom stereocenters. The molecule has 1 unspecified atom stereocenters. The molecule has 2 heterocycles. The van der Waals surface area contributed by atoms with Gasteiger partial charge in [-0.3, -0.25) is 4.90 Å². The van der Waals surface area contributed by atoms with Gasteiger partial charge < -0.3 is 5.32 Å². The van der Waals surface area contributed by atoms with Gasteiger partial charge in [-0.25, -0.2) is 0 Å². The van der Waals surface area contributed by atoms with E-state index in [1.54, 1.807) is 5.56 Å². The van der Waals surface area contributed by atoms with Crippen LogP contribution in [0.3, 0.4) is 0 Å². The van der Waals surface area contributed by atoms with Crippen molar-refractivity contribution in [1.82, 2.24) is 10.2 Å². The van der Waals surface area contributed by atoms with Crippen molar-refractivity contribution >= 4 is 11.3 Å². The van der Waals surface area contributed by atoms with Gasteiger partial charge in [0.15, 0.2) is 0 Å². The zero-order chi connectivity index (χ0) is 13.2. The lowest BCUT2D eigenvalue weighted by Gasteiger charge is -2.25. The van der Waals surface area contributed by atoms with Crippen LogP contribution in [-0.4, -0.2) is 30.6 Å². The molecule has 1 N–H and O–H groups in total. The average molecular weight is 278 g/mol. The molecule has 3 rings (SSSR count). The molecule has 1 aliphatic carbocycles. The fourth-order valence-corrected chi connectivity index (χ4v) is 4.11. The van der Waals surface area contributed by atoms with Gasteiger partial charge in [-0.15, -0.1) is 11.3 Å². The fourth-order valence-electron chi connectivity index (χ4n) is 3.17. The number of hydrogen-bond acceptors (Lipinski definition) is 3. The molecule has 0 aromatic carbocycles. The molecule has 1 aromatic rings. The van der Waals surface area contributed by atoms with Crippen LogP contribution in [0.2, 0.25) is 0 Å². The van der Waals surface area contributed by atoms with Crippen LogP contribution < -0.4 is 5.32 Å². The second-order valence-electron chi connectivity index (χ2n) is 6.37. The van der Waals surface area contributed by atoms with Crippen LogP contribution in [0, 0.1) is 19.8 Å². The van der Waals surface area contributed by atoms with E-state index < -0.39 is 0 Å². The molecule has 106 valence electrons. The van der Waals surface area contributed by atoms with Crippen molar-refractivity contribution in [2.75, 3.05) is 19.6 Å². The maximum Gasteiger partial charge on any atom is 0.0245 e. The Hall–Kier alpha value is -0.380. The smallest absolute Gasteiger partial charge is 0.0245 e. The average Bonchev–Trinajstić information content (AvgIpc) is 2.90. The lowest BCUT2D eigenvalue weighted by atomic mass is 10.1. The van der Waals surface area contributed by atoms with Gasteiger partial charge in [-0.1, -0.05) is 0 Å². The van der Waals surface area contributed by atoms with Crippen LogP contribution in [0.5, 0.6) is 0 Å². The minimum atomic E-state index is 0.735. The number of nitrogens with zero attached hydrogens (tertiary/aromatic N) is 1. The van der Waals surface area contributed by atoms with Gasteiger partial charge in [-0.05, 0) is 63.6 Å². The SMILES string of the molecule is Cc1cc(CN(CC2CC2)CC2CCCN2)c(C)s1. The molecular weight excluding hydrogens is 252 g/mol. The summed E-state index contributed by atoms with van der Waals surface area (Å²) >= 11 is 1.95. The Kier molecular flexibility index (Phi) is 4.25. The minimum Gasteiger partial charge on any atom is -0.313 e. The van der Waals surface area contributed by atoms with Gasteiger partial charge in [0.2, 0.25) is 0 Å². The van der Waals surface area contributed by atoms with Gasteiger partial charge >= 0.3 is 0 Å². The van der Waals surface area contributed by atoms with E-state index >= 15 is 0 Å². The van der Waals surface area contributed by atoms with Crippen LogP contribution in [0.4, 0.5) is 0 Å². The molecule has 0 amide bonds.